The first-order chi connectivity index (χ1) is 8.36. The van der Waals surface area contributed by atoms with Gasteiger partial charge in [0.15, 0.2) is 0 Å². The topological polar surface area (TPSA) is 32.3 Å². The van der Waals surface area contributed by atoms with Crippen molar-refractivity contribution in [2.45, 2.75) is 44.9 Å². The maximum absolute atomic E-state index is 11.8. The minimum Gasteiger partial charge on any atom is -0.342 e. The molecule has 0 bridgehead atoms. The number of amides is 1. The Bertz CT molecular complexity index is 280. The molecule has 3 heteroatoms. The first-order valence-corrected chi connectivity index (χ1v) is 7.02. The standard InChI is InChI=1S/C14H24N2O/c17-14(16-10-4-1-5-11-16)12-15-9-8-13-6-2-3-7-13/h6,15H,1-5,7-12H2. The molecule has 3 nitrogen and oxygen atoms in total. The van der Waals surface area contributed by atoms with Gasteiger partial charge in [-0.3, -0.25) is 4.79 Å². The zero-order valence-corrected chi connectivity index (χ0v) is 10.7. The van der Waals surface area contributed by atoms with Gasteiger partial charge in [-0.05, 0) is 51.5 Å². The van der Waals surface area contributed by atoms with E-state index in [1.165, 1.54) is 38.5 Å². The zero-order valence-electron chi connectivity index (χ0n) is 10.7. The van der Waals surface area contributed by atoms with Crippen molar-refractivity contribution >= 4 is 5.91 Å². The normalized spacial score (nSPS) is 20.5. The summed E-state index contributed by atoms with van der Waals surface area (Å²) in [4.78, 5) is 13.8. The average molecular weight is 236 g/mol. The maximum Gasteiger partial charge on any atom is 0.236 e. The van der Waals surface area contributed by atoms with Crippen molar-refractivity contribution in [3.8, 4) is 0 Å². The van der Waals surface area contributed by atoms with E-state index in [-0.39, 0.29) is 5.91 Å². The van der Waals surface area contributed by atoms with E-state index >= 15 is 0 Å². The molecule has 1 heterocycles. The fourth-order valence-corrected chi connectivity index (χ4v) is 2.66. The fraction of sp³-hybridized carbons (Fsp3) is 0.786. The Hall–Kier alpha value is -0.830. The molecule has 0 spiro atoms. The maximum atomic E-state index is 11.8. The Kier molecular flexibility index (Phi) is 5.05. The molecule has 1 aliphatic carbocycles. The molecule has 17 heavy (non-hydrogen) atoms. The van der Waals surface area contributed by atoms with E-state index in [0.717, 1.165) is 26.1 Å². The summed E-state index contributed by atoms with van der Waals surface area (Å²) in [6, 6.07) is 0. The number of hydrogen-bond donors (Lipinski definition) is 1. The van der Waals surface area contributed by atoms with E-state index in [9.17, 15) is 4.79 Å². The summed E-state index contributed by atoms with van der Waals surface area (Å²) in [5.74, 6) is 0.283. The zero-order chi connectivity index (χ0) is 11.9. The summed E-state index contributed by atoms with van der Waals surface area (Å²) >= 11 is 0. The second-order valence-corrected chi connectivity index (χ2v) is 5.12. The second-order valence-electron chi connectivity index (χ2n) is 5.12. The molecule has 1 fully saturated rings. The van der Waals surface area contributed by atoms with Gasteiger partial charge < -0.3 is 10.2 Å². The van der Waals surface area contributed by atoms with Crippen LogP contribution in [0.3, 0.4) is 0 Å². The Morgan fingerprint density at radius 1 is 1.24 bits per heavy atom. The highest BCUT2D eigenvalue weighted by Gasteiger charge is 2.15. The van der Waals surface area contributed by atoms with Crippen LogP contribution in [-0.4, -0.2) is 37.0 Å². The number of hydrogen-bond acceptors (Lipinski definition) is 2. The molecule has 96 valence electrons. The molecule has 1 amide bonds. The summed E-state index contributed by atoms with van der Waals surface area (Å²) < 4.78 is 0. The van der Waals surface area contributed by atoms with Crippen LogP contribution < -0.4 is 5.32 Å². The molecule has 0 aromatic carbocycles. The Balaban J connectivity index is 1.56. The smallest absolute Gasteiger partial charge is 0.236 e. The van der Waals surface area contributed by atoms with Crippen LogP contribution in [0.15, 0.2) is 11.6 Å². The first-order valence-electron chi connectivity index (χ1n) is 7.02. The van der Waals surface area contributed by atoms with Crippen LogP contribution in [0.2, 0.25) is 0 Å². The van der Waals surface area contributed by atoms with Gasteiger partial charge in [0, 0.05) is 13.1 Å². The predicted octanol–water partition coefficient (Wildman–Crippen LogP) is 2.09. The lowest BCUT2D eigenvalue weighted by Gasteiger charge is -2.26. The summed E-state index contributed by atoms with van der Waals surface area (Å²) in [7, 11) is 0. The minimum atomic E-state index is 0.283. The highest BCUT2D eigenvalue weighted by Crippen LogP contribution is 2.19. The van der Waals surface area contributed by atoms with E-state index in [1.54, 1.807) is 5.57 Å². The van der Waals surface area contributed by atoms with Gasteiger partial charge in [-0.2, -0.15) is 0 Å². The van der Waals surface area contributed by atoms with Crippen LogP contribution >= 0.6 is 0 Å². The molecule has 2 aliphatic rings. The SMILES string of the molecule is O=C(CNCCC1=CCCC1)N1CCCCC1. The molecule has 0 saturated carbocycles. The highest BCUT2D eigenvalue weighted by molar-refractivity contribution is 5.78. The molecular weight excluding hydrogens is 212 g/mol. The quantitative estimate of drug-likeness (QED) is 0.585. The van der Waals surface area contributed by atoms with Crippen LogP contribution in [0.1, 0.15) is 44.9 Å². The molecule has 1 saturated heterocycles. The van der Waals surface area contributed by atoms with Gasteiger partial charge >= 0.3 is 0 Å². The van der Waals surface area contributed by atoms with Crippen molar-refractivity contribution in [2.24, 2.45) is 0 Å². The van der Waals surface area contributed by atoms with Gasteiger partial charge in [0.25, 0.3) is 0 Å². The van der Waals surface area contributed by atoms with Crippen molar-refractivity contribution < 1.29 is 4.79 Å². The number of likely N-dealkylation sites (tertiary alicyclic amines) is 1. The third-order valence-electron chi connectivity index (χ3n) is 3.74. The van der Waals surface area contributed by atoms with Crippen molar-refractivity contribution in [2.75, 3.05) is 26.2 Å². The average Bonchev–Trinajstić information content (AvgIpc) is 2.88. The summed E-state index contributed by atoms with van der Waals surface area (Å²) in [6.07, 6.45) is 11.0. The Morgan fingerprint density at radius 2 is 2.06 bits per heavy atom. The molecule has 0 aromatic heterocycles. The van der Waals surface area contributed by atoms with E-state index in [0.29, 0.717) is 6.54 Å². The van der Waals surface area contributed by atoms with Crippen molar-refractivity contribution in [3.05, 3.63) is 11.6 Å². The van der Waals surface area contributed by atoms with Crippen molar-refractivity contribution in [1.29, 1.82) is 0 Å². The van der Waals surface area contributed by atoms with E-state index in [1.807, 2.05) is 4.90 Å². The second kappa shape index (κ2) is 6.80. The molecule has 1 aliphatic heterocycles. The lowest BCUT2D eigenvalue weighted by atomic mass is 10.1. The van der Waals surface area contributed by atoms with Crippen LogP contribution in [0.4, 0.5) is 0 Å². The Labute approximate surface area is 104 Å². The van der Waals surface area contributed by atoms with Crippen LogP contribution in [-0.2, 0) is 4.79 Å². The van der Waals surface area contributed by atoms with Crippen LogP contribution in [0, 0.1) is 0 Å². The number of carbonyl (C=O) groups is 1. The molecule has 2 rings (SSSR count). The van der Waals surface area contributed by atoms with Crippen LogP contribution in [0.25, 0.3) is 0 Å². The van der Waals surface area contributed by atoms with Gasteiger partial charge in [-0.25, -0.2) is 0 Å². The molecule has 1 N–H and O–H groups in total. The predicted molar refractivity (Wildman–Crippen MR) is 69.9 cm³/mol. The lowest BCUT2D eigenvalue weighted by molar-refractivity contribution is -0.131. The number of allylic oxidation sites excluding steroid dienone is 1. The van der Waals surface area contributed by atoms with Gasteiger partial charge in [-0.1, -0.05) is 11.6 Å². The monoisotopic (exact) mass is 236 g/mol. The number of rotatable bonds is 5. The molecule has 0 unspecified atom stereocenters. The number of piperidine rings is 1. The fourth-order valence-electron chi connectivity index (χ4n) is 2.66. The van der Waals surface area contributed by atoms with E-state index in [2.05, 4.69) is 11.4 Å². The highest BCUT2D eigenvalue weighted by atomic mass is 16.2. The summed E-state index contributed by atoms with van der Waals surface area (Å²) in [5.41, 5.74) is 1.57. The van der Waals surface area contributed by atoms with Crippen molar-refractivity contribution in [1.82, 2.24) is 10.2 Å². The molecule has 0 aromatic rings. The number of nitrogens with one attached hydrogen (secondary N) is 1. The third-order valence-corrected chi connectivity index (χ3v) is 3.74. The van der Waals surface area contributed by atoms with Crippen molar-refractivity contribution in [3.63, 3.8) is 0 Å². The molecule has 0 atom stereocenters. The largest absolute Gasteiger partial charge is 0.342 e. The molecular formula is C14H24N2O. The minimum absolute atomic E-state index is 0.283. The number of nitrogens with zero attached hydrogens (tertiary/aromatic N) is 1. The Morgan fingerprint density at radius 3 is 2.76 bits per heavy atom. The van der Waals surface area contributed by atoms with Gasteiger partial charge in [0.05, 0.1) is 6.54 Å². The summed E-state index contributed by atoms with van der Waals surface area (Å²) in [5, 5.41) is 3.28. The number of carbonyl (C=O) groups excluding carboxylic acids is 1. The van der Waals surface area contributed by atoms with Gasteiger partial charge in [-0.15, -0.1) is 0 Å². The van der Waals surface area contributed by atoms with E-state index < -0.39 is 0 Å². The van der Waals surface area contributed by atoms with E-state index in [4.69, 9.17) is 0 Å². The summed E-state index contributed by atoms with van der Waals surface area (Å²) in [6.45, 7) is 3.40. The third kappa shape index (κ3) is 4.15. The van der Waals surface area contributed by atoms with Crippen LogP contribution in [0.5, 0.6) is 0 Å². The van der Waals surface area contributed by atoms with Gasteiger partial charge in [0.1, 0.15) is 0 Å². The van der Waals surface area contributed by atoms with Gasteiger partial charge in [0.2, 0.25) is 5.91 Å². The first kappa shape index (κ1) is 12.6. The lowest BCUT2D eigenvalue weighted by Crippen LogP contribution is -2.41. The molecule has 0 radical (unpaired) electrons.